The highest BCUT2D eigenvalue weighted by Crippen LogP contribution is 2.41. The van der Waals surface area contributed by atoms with Gasteiger partial charge >= 0.3 is 0 Å². The summed E-state index contributed by atoms with van der Waals surface area (Å²) in [5.41, 5.74) is 0.745. The predicted molar refractivity (Wildman–Crippen MR) is 110 cm³/mol. The molecule has 2 saturated heterocycles. The number of carbonyl (C=O) groups is 1. The summed E-state index contributed by atoms with van der Waals surface area (Å²) in [6.45, 7) is 5.66. The third kappa shape index (κ3) is 3.88. The molecule has 2 aliphatic heterocycles. The zero-order chi connectivity index (χ0) is 19.9. The molecule has 3 aliphatic rings. The molecule has 28 heavy (non-hydrogen) atoms. The molecule has 0 aromatic carbocycles. The number of aryl methyl sites for hydroxylation is 1. The number of piperidine rings is 1. The van der Waals surface area contributed by atoms with E-state index in [-0.39, 0.29) is 29.3 Å². The molecular formula is C20H30N2O4S2. The van der Waals surface area contributed by atoms with Crippen molar-refractivity contribution in [1.82, 2.24) is 9.21 Å². The Bertz CT molecular complexity index is 823. The van der Waals surface area contributed by atoms with Crippen LogP contribution >= 0.6 is 11.3 Å². The molecule has 3 fully saturated rings. The van der Waals surface area contributed by atoms with Crippen LogP contribution in [-0.4, -0.2) is 66.7 Å². The first-order valence-corrected chi connectivity index (χ1v) is 12.8. The number of nitrogens with zero attached hydrogens (tertiary/aromatic N) is 2. The molecule has 6 nitrogen and oxygen atoms in total. The highest BCUT2D eigenvalue weighted by atomic mass is 32.2. The van der Waals surface area contributed by atoms with Crippen LogP contribution < -0.4 is 0 Å². The van der Waals surface area contributed by atoms with Crippen LogP contribution in [0.4, 0.5) is 0 Å². The van der Waals surface area contributed by atoms with Gasteiger partial charge in [0, 0.05) is 31.8 Å². The van der Waals surface area contributed by atoms with Crippen LogP contribution in [0.25, 0.3) is 0 Å². The first-order chi connectivity index (χ1) is 13.4. The van der Waals surface area contributed by atoms with Crippen LogP contribution in [0.2, 0.25) is 0 Å². The van der Waals surface area contributed by atoms with Crippen molar-refractivity contribution in [3.8, 4) is 0 Å². The summed E-state index contributed by atoms with van der Waals surface area (Å²) in [6.07, 6.45) is 5.05. The van der Waals surface area contributed by atoms with E-state index in [1.54, 1.807) is 6.92 Å². The van der Waals surface area contributed by atoms with Crippen molar-refractivity contribution in [2.24, 2.45) is 0 Å². The number of carbonyl (C=O) groups excluding carboxylic acids is 1. The molecule has 0 bridgehead atoms. The van der Waals surface area contributed by atoms with Gasteiger partial charge in [0.05, 0.1) is 16.2 Å². The molecule has 0 radical (unpaired) electrons. The molecule has 1 aromatic heterocycles. The molecule has 156 valence electrons. The molecule has 1 unspecified atom stereocenters. The minimum absolute atomic E-state index is 0.0352. The number of ether oxygens (including phenoxy) is 1. The van der Waals surface area contributed by atoms with E-state index in [0.717, 1.165) is 49.0 Å². The lowest BCUT2D eigenvalue weighted by Crippen LogP contribution is -2.56. The first kappa shape index (κ1) is 20.3. The van der Waals surface area contributed by atoms with Gasteiger partial charge in [-0.3, -0.25) is 4.79 Å². The first-order valence-electron chi connectivity index (χ1n) is 10.3. The molecular weight excluding hydrogens is 396 g/mol. The number of hydrogen-bond donors (Lipinski definition) is 0. The van der Waals surface area contributed by atoms with E-state index in [0.29, 0.717) is 19.7 Å². The van der Waals surface area contributed by atoms with Crippen molar-refractivity contribution in [2.75, 3.05) is 25.4 Å². The van der Waals surface area contributed by atoms with E-state index >= 15 is 0 Å². The van der Waals surface area contributed by atoms with Gasteiger partial charge in [0.2, 0.25) is 10.0 Å². The highest BCUT2D eigenvalue weighted by Gasteiger charge is 2.48. The summed E-state index contributed by atoms with van der Waals surface area (Å²) < 4.78 is 33.4. The summed E-state index contributed by atoms with van der Waals surface area (Å²) in [5.74, 6) is 0.277. The maximum Gasteiger partial charge on any atom is 0.264 e. The summed E-state index contributed by atoms with van der Waals surface area (Å²) in [5, 5.41) is 1.96. The normalized spacial score (nSPS) is 25.4. The standard InChI is InChI=1S/C20H30N2O4S2/c1-3-28(24,25)22(16-4-5-16)17-6-12-26-20(14-17)8-10-21(11-9-20)19(23)18-15(2)7-13-27-18/h7,13,16-17H,3-6,8-12,14H2,1-2H3. The maximum absolute atomic E-state index is 12.8. The molecule has 8 heteroatoms. The van der Waals surface area contributed by atoms with Crippen LogP contribution in [0.1, 0.15) is 60.7 Å². The van der Waals surface area contributed by atoms with Gasteiger partial charge in [0.15, 0.2) is 0 Å². The Morgan fingerprint density at radius 3 is 2.57 bits per heavy atom. The molecule has 0 N–H and O–H groups in total. The lowest BCUT2D eigenvalue weighted by Gasteiger charge is -2.48. The lowest BCUT2D eigenvalue weighted by atomic mass is 9.82. The van der Waals surface area contributed by atoms with E-state index in [4.69, 9.17) is 4.74 Å². The zero-order valence-electron chi connectivity index (χ0n) is 16.7. The van der Waals surface area contributed by atoms with E-state index in [1.165, 1.54) is 11.3 Å². The minimum atomic E-state index is -3.20. The van der Waals surface area contributed by atoms with E-state index < -0.39 is 10.0 Å². The van der Waals surface area contributed by atoms with Gasteiger partial charge in [-0.1, -0.05) is 0 Å². The second-order valence-corrected chi connectivity index (χ2v) is 11.4. The Hall–Kier alpha value is -0.960. The second-order valence-electron chi connectivity index (χ2n) is 8.36. The molecule has 1 aliphatic carbocycles. The summed E-state index contributed by atoms with van der Waals surface area (Å²) >= 11 is 1.50. The van der Waals surface area contributed by atoms with Gasteiger partial charge in [-0.15, -0.1) is 11.3 Å². The van der Waals surface area contributed by atoms with Crippen LogP contribution in [0.3, 0.4) is 0 Å². The predicted octanol–water partition coefficient (Wildman–Crippen LogP) is 3.02. The monoisotopic (exact) mass is 426 g/mol. The molecule has 3 heterocycles. The number of sulfonamides is 1. The van der Waals surface area contributed by atoms with Crippen molar-refractivity contribution in [2.45, 2.75) is 70.1 Å². The Morgan fingerprint density at radius 2 is 2.00 bits per heavy atom. The van der Waals surface area contributed by atoms with E-state index in [2.05, 4.69) is 0 Å². The van der Waals surface area contributed by atoms with Crippen molar-refractivity contribution < 1.29 is 17.9 Å². The lowest BCUT2D eigenvalue weighted by molar-refractivity contribution is -0.123. The fourth-order valence-corrected chi connectivity index (χ4v) is 7.14. The maximum atomic E-state index is 12.8. The smallest absolute Gasteiger partial charge is 0.264 e. The van der Waals surface area contributed by atoms with Gasteiger partial charge in [-0.05, 0) is 69.4 Å². The topological polar surface area (TPSA) is 66.9 Å². The molecule has 1 amide bonds. The van der Waals surface area contributed by atoms with Gasteiger partial charge in [0.1, 0.15) is 0 Å². The summed E-state index contributed by atoms with van der Waals surface area (Å²) in [6, 6.07) is 2.21. The third-order valence-corrected chi connectivity index (χ3v) is 9.41. The van der Waals surface area contributed by atoms with Gasteiger partial charge in [0.25, 0.3) is 5.91 Å². The summed E-state index contributed by atoms with van der Waals surface area (Å²) in [7, 11) is -3.20. The zero-order valence-corrected chi connectivity index (χ0v) is 18.4. The minimum Gasteiger partial charge on any atom is -0.375 e. The Kier molecular flexibility index (Phi) is 5.59. The van der Waals surface area contributed by atoms with E-state index in [1.807, 2.05) is 27.6 Å². The number of amides is 1. The molecule has 1 spiro atoms. The molecule has 1 atom stereocenters. The highest BCUT2D eigenvalue weighted by molar-refractivity contribution is 7.89. The number of rotatable bonds is 5. The third-order valence-electron chi connectivity index (χ3n) is 6.44. The van der Waals surface area contributed by atoms with Gasteiger partial charge < -0.3 is 9.64 Å². The van der Waals surface area contributed by atoms with Crippen molar-refractivity contribution in [1.29, 1.82) is 0 Å². The largest absolute Gasteiger partial charge is 0.375 e. The fraction of sp³-hybridized carbons (Fsp3) is 0.750. The number of thiophene rings is 1. The van der Waals surface area contributed by atoms with Crippen LogP contribution in [0.15, 0.2) is 11.4 Å². The number of likely N-dealkylation sites (tertiary alicyclic amines) is 1. The van der Waals surface area contributed by atoms with Gasteiger partial charge in [-0.25, -0.2) is 8.42 Å². The Balaban J connectivity index is 1.44. The SMILES string of the molecule is CCS(=O)(=O)N(C1CC1)C1CCOC2(CCN(C(=O)c3sccc3C)CC2)C1. The van der Waals surface area contributed by atoms with Crippen LogP contribution in [0, 0.1) is 6.92 Å². The van der Waals surface area contributed by atoms with E-state index in [9.17, 15) is 13.2 Å². The second kappa shape index (κ2) is 7.70. The molecule has 1 aromatic rings. The van der Waals surface area contributed by atoms with Crippen molar-refractivity contribution in [3.63, 3.8) is 0 Å². The fourth-order valence-electron chi connectivity index (χ4n) is 4.65. The van der Waals surface area contributed by atoms with Gasteiger partial charge in [-0.2, -0.15) is 4.31 Å². The van der Waals surface area contributed by atoms with Crippen LogP contribution in [0.5, 0.6) is 0 Å². The summed E-state index contributed by atoms with van der Waals surface area (Å²) in [4.78, 5) is 15.6. The Labute approximate surface area is 171 Å². The number of hydrogen-bond acceptors (Lipinski definition) is 5. The average Bonchev–Trinajstić information content (AvgIpc) is 3.41. The average molecular weight is 427 g/mol. The molecule has 4 rings (SSSR count). The van der Waals surface area contributed by atoms with Crippen molar-refractivity contribution in [3.05, 3.63) is 21.9 Å². The van der Waals surface area contributed by atoms with Crippen LogP contribution in [-0.2, 0) is 14.8 Å². The molecule has 1 saturated carbocycles. The van der Waals surface area contributed by atoms with Crippen molar-refractivity contribution >= 4 is 27.3 Å². The quantitative estimate of drug-likeness (QED) is 0.726. The Morgan fingerprint density at radius 1 is 1.29 bits per heavy atom.